The second kappa shape index (κ2) is 8.14. The van der Waals surface area contributed by atoms with Gasteiger partial charge < -0.3 is 5.32 Å². The van der Waals surface area contributed by atoms with E-state index in [9.17, 15) is 4.79 Å². The average molecular weight is 399 g/mol. The minimum atomic E-state index is 0.0418. The third-order valence-electron chi connectivity index (χ3n) is 5.87. The van der Waals surface area contributed by atoms with Crippen molar-refractivity contribution in [2.24, 2.45) is 0 Å². The first-order valence-electron chi connectivity index (χ1n) is 10.6. The van der Waals surface area contributed by atoms with Crippen LogP contribution in [0.2, 0.25) is 0 Å². The van der Waals surface area contributed by atoms with Crippen LogP contribution in [0.4, 0.5) is 0 Å². The van der Waals surface area contributed by atoms with Gasteiger partial charge in [-0.15, -0.1) is 0 Å². The van der Waals surface area contributed by atoms with Crippen molar-refractivity contribution < 1.29 is 4.79 Å². The number of benzene rings is 2. The molecule has 2 heterocycles. The summed E-state index contributed by atoms with van der Waals surface area (Å²) >= 11 is 0. The summed E-state index contributed by atoms with van der Waals surface area (Å²) in [5.74, 6) is 0.0586. The molecule has 0 saturated heterocycles. The summed E-state index contributed by atoms with van der Waals surface area (Å²) in [6, 6.07) is 18.5. The van der Waals surface area contributed by atoms with Crippen LogP contribution in [0.3, 0.4) is 0 Å². The maximum absolute atomic E-state index is 12.7. The Hall–Kier alpha value is -3.41. The van der Waals surface area contributed by atoms with Gasteiger partial charge in [-0.1, -0.05) is 48.5 Å². The molecule has 0 unspecified atom stereocenters. The highest BCUT2D eigenvalue weighted by Gasteiger charge is 2.25. The van der Waals surface area contributed by atoms with Crippen LogP contribution >= 0.6 is 0 Å². The third-order valence-corrected chi connectivity index (χ3v) is 5.87. The molecule has 0 saturated carbocycles. The molecule has 30 heavy (non-hydrogen) atoms. The predicted octanol–water partition coefficient (Wildman–Crippen LogP) is 3.87. The quantitative estimate of drug-likeness (QED) is 0.535. The Morgan fingerprint density at radius 3 is 2.70 bits per heavy atom. The normalized spacial score (nSPS) is 15.8. The molecule has 0 radical (unpaired) electrons. The van der Waals surface area contributed by atoms with Gasteiger partial charge in [-0.05, 0) is 30.9 Å². The molecular weight excluding hydrogens is 374 g/mol. The Kier molecular flexibility index (Phi) is 5.05. The van der Waals surface area contributed by atoms with Gasteiger partial charge in [0.1, 0.15) is 0 Å². The molecule has 0 aliphatic heterocycles. The first-order valence-corrected chi connectivity index (χ1v) is 10.6. The van der Waals surface area contributed by atoms with E-state index in [4.69, 9.17) is 0 Å². The van der Waals surface area contributed by atoms with Crippen molar-refractivity contribution >= 4 is 16.8 Å². The number of para-hydroxylation sites is 1. The molecule has 152 valence electrons. The first-order chi connectivity index (χ1) is 14.8. The SMILES string of the molecule is O=C(CCn1ncc2ccccc21)N[C@@H]1CCCc2c1cnn2Cc1ccccc1. The number of amides is 1. The minimum absolute atomic E-state index is 0.0418. The number of nitrogens with one attached hydrogen (secondary N) is 1. The second-order valence-corrected chi connectivity index (χ2v) is 7.88. The summed E-state index contributed by atoms with van der Waals surface area (Å²) in [6.07, 6.45) is 7.22. The second-order valence-electron chi connectivity index (χ2n) is 7.88. The summed E-state index contributed by atoms with van der Waals surface area (Å²) in [5.41, 5.74) is 4.71. The van der Waals surface area contributed by atoms with Gasteiger partial charge in [-0.2, -0.15) is 10.2 Å². The van der Waals surface area contributed by atoms with Crippen LogP contribution in [-0.2, 0) is 24.3 Å². The summed E-state index contributed by atoms with van der Waals surface area (Å²) in [6.45, 7) is 1.34. The zero-order chi connectivity index (χ0) is 20.3. The topological polar surface area (TPSA) is 64.7 Å². The van der Waals surface area contributed by atoms with E-state index in [1.54, 1.807) is 0 Å². The number of hydrogen-bond donors (Lipinski definition) is 1. The zero-order valence-electron chi connectivity index (χ0n) is 16.9. The fourth-order valence-corrected chi connectivity index (χ4v) is 4.34. The fraction of sp³-hybridized carbons (Fsp3) is 0.292. The van der Waals surface area contributed by atoms with Gasteiger partial charge in [-0.3, -0.25) is 14.2 Å². The van der Waals surface area contributed by atoms with Gasteiger partial charge in [0.25, 0.3) is 0 Å². The molecule has 0 fully saturated rings. The molecule has 2 aromatic carbocycles. The van der Waals surface area contributed by atoms with Crippen LogP contribution in [0.25, 0.3) is 10.9 Å². The molecule has 1 aliphatic carbocycles. The standard InChI is InChI=1S/C24H25N5O/c30-24(13-14-28-22-11-5-4-9-19(22)15-25-28)27-21-10-6-12-23-20(21)16-26-29(23)17-18-7-2-1-3-8-18/h1-5,7-9,11,15-16,21H,6,10,12-14,17H2,(H,27,30)/t21-/m1/s1. The number of nitrogens with zero attached hydrogens (tertiary/aromatic N) is 4. The molecular formula is C24H25N5O. The maximum Gasteiger partial charge on any atom is 0.222 e. The average Bonchev–Trinajstić information content (AvgIpc) is 3.38. The molecule has 1 aliphatic rings. The van der Waals surface area contributed by atoms with Crippen molar-refractivity contribution in [3.05, 3.63) is 83.8 Å². The zero-order valence-corrected chi connectivity index (χ0v) is 16.9. The highest BCUT2D eigenvalue weighted by molar-refractivity contribution is 5.79. The van der Waals surface area contributed by atoms with Gasteiger partial charge in [0.2, 0.25) is 5.91 Å². The fourth-order valence-electron chi connectivity index (χ4n) is 4.34. The van der Waals surface area contributed by atoms with Crippen molar-refractivity contribution in [3.63, 3.8) is 0 Å². The number of hydrogen-bond acceptors (Lipinski definition) is 3. The Balaban J connectivity index is 1.24. The molecule has 0 spiro atoms. The lowest BCUT2D eigenvalue weighted by Gasteiger charge is -2.24. The summed E-state index contributed by atoms with van der Waals surface area (Å²) in [4.78, 5) is 12.7. The van der Waals surface area contributed by atoms with Crippen molar-refractivity contribution in [3.8, 4) is 0 Å². The molecule has 0 bridgehead atoms. The van der Waals surface area contributed by atoms with Crippen LogP contribution in [0.5, 0.6) is 0 Å². The van der Waals surface area contributed by atoms with Crippen molar-refractivity contribution in [2.75, 3.05) is 0 Å². The van der Waals surface area contributed by atoms with Gasteiger partial charge >= 0.3 is 0 Å². The summed E-state index contributed by atoms with van der Waals surface area (Å²) in [7, 11) is 0. The summed E-state index contributed by atoms with van der Waals surface area (Å²) in [5, 5.41) is 13.4. The molecule has 1 N–H and O–H groups in total. The van der Waals surface area contributed by atoms with Crippen LogP contribution in [0.15, 0.2) is 67.0 Å². The number of aromatic nitrogens is 4. The van der Waals surface area contributed by atoms with Crippen LogP contribution in [0, 0.1) is 0 Å². The molecule has 2 aromatic heterocycles. The van der Waals surface area contributed by atoms with E-state index in [1.165, 1.54) is 11.3 Å². The van der Waals surface area contributed by atoms with E-state index in [0.29, 0.717) is 13.0 Å². The highest BCUT2D eigenvalue weighted by Crippen LogP contribution is 2.30. The number of aryl methyl sites for hydroxylation is 1. The summed E-state index contributed by atoms with van der Waals surface area (Å²) < 4.78 is 3.98. The highest BCUT2D eigenvalue weighted by atomic mass is 16.1. The van der Waals surface area contributed by atoms with Crippen LogP contribution in [-0.4, -0.2) is 25.5 Å². The van der Waals surface area contributed by atoms with E-state index in [2.05, 4.69) is 44.5 Å². The largest absolute Gasteiger partial charge is 0.349 e. The van der Waals surface area contributed by atoms with E-state index in [-0.39, 0.29) is 11.9 Å². The smallest absolute Gasteiger partial charge is 0.222 e. The molecule has 4 aromatic rings. The van der Waals surface area contributed by atoms with Gasteiger partial charge in [-0.25, -0.2) is 0 Å². The Labute approximate surface area is 175 Å². The molecule has 5 rings (SSSR count). The Morgan fingerprint density at radius 1 is 1.00 bits per heavy atom. The number of rotatable bonds is 6. The van der Waals surface area contributed by atoms with Gasteiger partial charge in [0.05, 0.1) is 37.0 Å². The van der Waals surface area contributed by atoms with Crippen molar-refractivity contribution in [1.29, 1.82) is 0 Å². The maximum atomic E-state index is 12.7. The molecule has 1 amide bonds. The van der Waals surface area contributed by atoms with E-state index in [0.717, 1.165) is 42.3 Å². The Morgan fingerprint density at radius 2 is 1.80 bits per heavy atom. The minimum Gasteiger partial charge on any atom is -0.349 e. The van der Waals surface area contributed by atoms with Gasteiger partial charge in [0.15, 0.2) is 0 Å². The van der Waals surface area contributed by atoms with Crippen molar-refractivity contribution in [1.82, 2.24) is 24.9 Å². The number of carbonyl (C=O) groups is 1. The molecule has 1 atom stereocenters. The number of carbonyl (C=O) groups excluding carboxylic acids is 1. The predicted molar refractivity (Wildman–Crippen MR) is 116 cm³/mol. The lowest BCUT2D eigenvalue weighted by molar-refractivity contribution is -0.122. The van der Waals surface area contributed by atoms with Crippen LogP contribution in [0.1, 0.15) is 42.1 Å². The first kappa shape index (κ1) is 18.6. The number of fused-ring (bicyclic) bond motifs is 2. The van der Waals surface area contributed by atoms with Gasteiger partial charge in [0, 0.05) is 23.1 Å². The lowest BCUT2D eigenvalue weighted by atomic mass is 9.92. The Bertz CT molecular complexity index is 1160. The van der Waals surface area contributed by atoms with E-state index >= 15 is 0 Å². The van der Waals surface area contributed by atoms with Crippen molar-refractivity contribution in [2.45, 2.75) is 44.8 Å². The lowest BCUT2D eigenvalue weighted by Crippen LogP contribution is -2.31. The third kappa shape index (κ3) is 3.73. The molecule has 6 heteroatoms. The monoisotopic (exact) mass is 399 g/mol. The van der Waals surface area contributed by atoms with Crippen LogP contribution < -0.4 is 5.32 Å². The van der Waals surface area contributed by atoms with E-state index < -0.39 is 0 Å². The van der Waals surface area contributed by atoms with E-state index in [1.807, 2.05) is 47.4 Å². The molecule has 6 nitrogen and oxygen atoms in total.